The van der Waals surface area contributed by atoms with Gasteiger partial charge in [-0.05, 0) is 51.1 Å². The van der Waals surface area contributed by atoms with Crippen LogP contribution >= 0.6 is 0 Å². The summed E-state index contributed by atoms with van der Waals surface area (Å²) in [6.45, 7) is 0. The molecule has 3 nitrogen and oxygen atoms in total. The number of benzene rings is 8. The maximum Gasteiger partial charge on any atom is 0.160 e. The average molecular weight is 715 g/mol. The minimum Gasteiger partial charge on any atom is -0.456 e. The molecule has 2 heterocycles. The van der Waals surface area contributed by atoms with Gasteiger partial charge in [0.25, 0.3) is 0 Å². The fraction of sp³-hybridized carbons (Fsp3) is 0.0189. The Hall–Kier alpha value is -7.36. The van der Waals surface area contributed by atoms with Gasteiger partial charge in [0.1, 0.15) is 11.5 Å². The van der Waals surface area contributed by atoms with Crippen LogP contribution in [-0.4, -0.2) is 9.97 Å². The third kappa shape index (κ3) is 4.91. The molecule has 0 N–H and O–H groups in total. The molecule has 0 saturated heterocycles. The second-order valence-corrected chi connectivity index (χ2v) is 14.4. The number of fused-ring (bicyclic) bond motifs is 9. The molecule has 11 rings (SSSR count). The van der Waals surface area contributed by atoms with Gasteiger partial charge < -0.3 is 4.74 Å². The monoisotopic (exact) mass is 714 g/mol. The van der Waals surface area contributed by atoms with Crippen LogP contribution in [0, 0.1) is 0 Å². The summed E-state index contributed by atoms with van der Waals surface area (Å²) in [7, 11) is 0. The summed E-state index contributed by atoms with van der Waals surface area (Å²) in [6, 6.07) is 72.9. The molecule has 0 fully saturated rings. The van der Waals surface area contributed by atoms with Crippen molar-refractivity contribution in [3.63, 3.8) is 0 Å². The van der Waals surface area contributed by atoms with E-state index in [4.69, 9.17) is 14.7 Å². The van der Waals surface area contributed by atoms with Gasteiger partial charge >= 0.3 is 0 Å². The molecule has 0 radical (unpaired) electrons. The minimum atomic E-state index is -0.545. The van der Waals surface area contributed by atoms with Crippen molar-refractivity contribution < 1.29 is 4.74 Å². The second kappa shape index (κ2) is 12.9. The van der Waals surface area contributed by atoms with E-state index in [2.05, 4.69) is 182 Å². The summed E-state index contributed by atoms with van der Waals surface area (Å²) < 4.78 is 7.07. The third-order valence-corrected chi connectivity index (χ3v) is 11.4. The van der Waals surface area contributed by atoms with Crippen LogP contribution in [0.15, 0.2) is 206 Å². The van der Waals surface area contributed by atoms with Gasteiger partial charge in [0.05, 0.1) is 16.8 Å². The molecule has 1 aromatic heterocycles. The molecule has 8 aromatic carbocycles. The largest absolute Gasteiger partial charge is 0.456 e. The summed E-state index contributed by atoms with van der Waals surface area (Å²) in [5.74, 6) is 2.41. The Morgan fingerprint density at radius 3 is 1.50 bits per heavy atom. The van der Waals surface area contributed by atoms with E-state index in [0.717, 1.165) is 67.4 Å². The topological polar surface area (TPSA) is 35.0 Å². The van der Waals surface area contributed by atoms with Crippen LogP contribution in [0.3, 0.4) is 0 Å². The summed E-state index contributed by atoms with van der Waals surface area (Å²) in [5.41, 5.74) is 15.9. The lowest BCUT2D eigenvalue weighted by Gasteiger charge is -2.40. The Labute approximate surface area is 326 Å². The van der Waals surface area contributed by atoms with Crippen molar-refractivity contribution >= 4 is 0 Å². The van der Waals surface area contributed by atoms with Gasteiger partial charge in [-0.15, -0.1) is 0 Å². The molecule has 0 amide bonds. The van der Waals surface area contributed by atoms with Crippen LogP contribution in [0.1, 0.15) is 22.3 Å². The molecule has 1 aliphatic carbocycles. The zero-order chi connectivity index (χ0) is 37.1. The third-order valence-electron chi connectivity index (χ3n) is 11.4. The molecular weight excluding hydrogens is 681 g/mol. The first-order valence-corrected chi connectivity index (χ1v) is 19.1. The first-order valence-electron chi connectivity index (χ1n) is 19.1. The number of ether oxygens (including phenoxy) is 1. The van der Waals surface area contributed by atoms with Gasteiger partial charge in [-0.25, -0.2) is 9.97 Å². The molecule has 9 aromatic rings. The molecule has 0 bridgehead atoms. The molecule has 0 unspecified atom stereocenters. The van der Waals surface area contributed by atoms with E-state index >= 15 is 0 Å². The molecule has 1 aliphatic heterocycles. The number of hydrogen-bond donors (Lipinski definition) is 0. The Kier molecular flexibility index (Phi) is 7.39. The number of rotatable bonds is 5. The highest BCUT2D eigenvalue weighted by molar-refractivity contribution is 5.93. The molecule has 2 aliphatic rings. The van der Waals surface area contributed by atoms with Crippen molar-refractivity contribution in [2.45, 2.75) is 5.41 Å². The Morgan fingerprint density at radius 2 is 0.804 bits per heavy atom. The van der Waals surface area contributed by atoms with E-state index < -0.39 is 5.41 Å². The summed E-state index contributed by atoms with van der Waals surface area (Å²) >= 11 is 0. The van der Waals surface area contributed by atoms with E-state index in [9.17, 15) is 0 Å². The van der Waals surface area contributed by atoms with Crippen LogP contribution in [0.5, 0.6) is 11.5 Å². The maximum absolute atomic E-state index is 7.07. The van der Waals surface area contributed by atoms with Gasteiger partial charge in [0.2, 0.25) is 0 Å². The fourth-order valence-electron chi connectivity index (χ4n) is 8.95. The van der Waals surface area contributed by atoms with E-state index in [0.29, 0.717) is 5.82 Å². The van der Waals surface area contributed by atoms with Crippen molar-refractivity contribution in [3.05, 3.63) is 229 Å². The number of aromatic nitrogens is 2. The maximum atomic E-state index is 7.07. The molecule has 56 heavy (non-hydrogen) atoms. The predicted molar refractivity (Wildman–Crippen MR) is 227 cm³/mol. The highest BCUT2D eigenvalue weighted by atomic mass is 16.5. The normalized spacial score (nSPS) is 12.9. The lowest BCUT2D eigenvalue weighted by Crippen LogP contribution is -2.32. The Balaban J connectivity index is 1.12. The Morgan fingerprint density at radius 1 is 0.321 bits per heavy atom. The standard InChI is InChI=1S/C53H34N2O/c1-3-16-35(17-4-1)36-30-32-37(33-31-36)48-34-49(55-52(54-48)38-18-5-2-6-19-38)42-23-8-7-20-39(42)43-24-15-28-47-51(43)56-50-29-14-13-27-46(50)53(47)44-25-11-9-21-40(44)41-22-10-12-26-45(41)53/h1-34H. The number of nitrogens with zero attached hydrogens (tertiary/aromatic N) is 2. The summed E-state index contributed by atoms with van der Waals surface area (Å²) in [4.78, 5) is 10.4. The highest BCUT2D eigenvalue weighted by Gasteiger charge is 2.51. The number of hydrogen-bond acceptors (Lipinski definition) is 3. The molecule has 262 valence electrons. The summed E-state index contributed by atoms with van der Waals surface area (Å²) in [6.07, 6.45) is 0. The lowest BCUT2D eigenvalue weighted by molar-refractivity contribution is 0.438. The second-order valence-electron chi connectivity index (χ2n) is 14.4. The predicted octanol–water partition coefficient (Wildman–Crippen LogP) is 13.3. The average Bonchev–Trinajstić information content (AvgIpc) is 3.57. The Bertz CT molecular complexity index is 2890. The van der Waals surface area contributed by atoms with E-state index in [1.54, 1.807) is 0 Å². The van der Waals surface area contributed by atoms with Crippen LogP contribution in [0.25, 0.3) is 67.3 Å². The van der Waals surface area contributed by atoms with Crippen molar-refractivity contribution in [2.75, 3.05) is 0 Å². The van der Waals surface area contributed by atoms with Crippen LogP contribution in [0.2, 0.25) is 0 Å². The van der Waals surface area contributed by atoms with Crippen LogP contribution in [0.4, 0.5) is 0 Å². The van der Waals surface area contributed by atoms with E-state index in [1.165, 1.54) is 27.8 Å². The van der Waals surface area contributed by atoms with Crippen LogP contribution in [-0.2, 0) is 5.41 Å². The summed E-state index contributed by atoms with van der Waals surface area (Å²) in [5, 5.41) is 0. The first kappa shape index (κ1) is 32.1. The van der Waals surface area contributed by atoms with E-state index in [-0.39, 0.29) is 0 Å². The molecule has 0 saturated carbocycles. The van der Waals surface area contributed by atoms with Crippen molar-refractivity contribution in [3.8, 4) is 78.8 Å². The van der Waals surface area contributed by atoms with Gasteiger partial charge in [-0.2, -0.15) is 0 Å². The fourth-order valence-corrected chi connectivity index (χ4v) is 8.95. The van der Waals surface area contributed by atoms with Crippen molar-refractivity contribution in [1.29, 1.82) is 0 Å². The zero-order valence-corrected chi connectivity index (χ0v) is 30.4. The minimum absolute atomic E-state index is 0.545. The number of para-hydroxylation sites is 2. The SMILES string of the molecule is c1ccc(-c2ccc(-c3cc(-c4ccccc4-c4cccc5c4Oc4ccccc4C54c5ccccc5-c5ccccc54)nc(-c4ccccc4)n3)cc2)cc1. The van der Waals surface area contributed by atoms with Crippen molar-refractivity contribution in [1.82, 2.24) is 9.97 Å². The zero-order valence-electron chi connectivity index (χ0n) is 30.4. The molecule has 1 spiro atoms. The van der Waals surface area contributed by atoms with Gasteiger partial charge in [-0.3, -0.25) is 0 Å². The lowest BCUT2D eigenvalue weighted by atomic mass is 9.65. The quantitative estimate of drug-likeness (QED) is 0.178. The molecular formula is C53H34N2O. The molecule has 3 heteroatoms. The van der Waals surface area contributed by atoms with Crippen molar-refractivity contribution in [2.24, 2.45) is 0 Å². The highest BCUT2D eigenvalue weighted by Crippen LogP contribution is 2.63. The smallest absolute Gasteiger partial charge is 0.160 e. The van der Waals surface area contributed by atoms with Gasteiger partial charge in [0, 0.05) is 33.4 Å². The van der Waals surface area contributed by atoms with Gasteiger partial charge in [0.15, 0.2) is 5.82 Å². The van der Waals surface area contributed by atoms with Crippen LogP contribution < -0.4 is 4.74 Å². The van der Waals surface area contributed by atoms with E-state index in [1.807, 2.05) is 24.3 Å². The van der Waals surface area contributed by atoms with Gasteiger partial charge in [-0.1, -0.05) is 194 Å². The molecule has 0 atom stereocenters. The first-order chi connectivity index (χ1) is 27.8.